The highest BCUT2D eigenvalue weighted by atomic mass is 19.4. The first-order valence-corrected chi connectivity index (χ1v) is 5.04. The number of aliphatic hydroxyl groups excluding tert-OH is 1. The second-order valence-electron chi connectivity index (χ2n) is 3.59. The lowest BCUT2D eigenvalue weighted by molar-refractivity contribution is -0.186. The van der Waals surface area contributed by atoms with Crippen LogP contribution in [0.25, 0.3) is 0 Å². The third-order valence-electron chi connectivity index (χ3n) is 2.00. The maximum atomic E-state index is 13.3. The van der Waals surface area contributed by atoms with Crippen molar-refractivity contribution in [1.29, 1.82) is 0 Å². The first-order chi connectivity index (χ1) is 8.29. The van der Waals surface area contributed by atoms with Gasteiger partial charge in [0, 0.05) is 11.6 Å². The van der Waals surface area contributed by atoms with Gasteiger partial charge in [-0.3, -0.25) is 0 Å². The lowest BCUT2D eigenvalue weighted by atomic mass is 10.1. The lowest BCUT2D eigenvalue weighted by Gasteiger charge is -2.11. The number of benzene rings is 1. The highest BCUT2D eigenvalue weighted by molar-refractivity contribution is 5.29. The zero-order chi connectivity index (χ0) is 13.8. The number of aliphatic hydroxyl groups is 1. The summed E-state index contributed by atoms with van der Waals surface area (Å²) in [6.45, 7) is -0.667. The Kier molecular flexibility index (Phi) is 4.92. The second kappa shape index (κ2) is 6.01. The van der Waals surface area contributed by atoms with Crippen LogP contribution in [0.5, 0.6) is 5.75 Å². The molecule has 0 aliphatic heterocycles. The van der Waals surface area contributed by atoms with Crippen LogP contribution in [0.1, 0.15) is 18.6 Å². The van der Waals surface area contributed by atoms with Crippen molar-refractivity contribution in [3.05, 3.63) is 29.6 Å². The molecule has 0 aromatic heterocycles. The molecule has 0 bridgehead atoms. The van der Waals surface area contributed by atoms with E-state index in [1.54, 1.807) is 0 Å². The fourth-order valence-electron chi connectivity index (χ4n) is 1.20. The molecule has 3 nitrogen and oxygen atoms in total. The van der Waals surface area contributed by atoms with E-state index in [2.05, 4.69) is 4.74 Å². The van der Waals surface area contributed by atoms with E-state index in [9.17, 15) is 17.6 Å². The SMILES string of the molecule is CC(O)c1ccc(OCOCC(F)(F)F)cc1F. The van der Waals surface area contributed by atoms with Crippen molar-refractivity contribution >= 4 is 0 Å². The minimum atomic E-state index is -4.43. The molecule has 0 amide bonds. The first-order valence-electron chi connectivity index (χ1n) is 5.04. The fraction of sp³-hybridized carbons (Fsp3) is 0.455. The van der Waals surface area contributed by atoms with Crippen molar-refractivity contribution in [2.45, 2.75) is 19.2 Å². The average molecular weight is 268 g/mol. The van der Waals surface area contributed by atoms with E-state index < -0.39 is 31.5 Å². The van der Waals surface area contributed by atoms with Crippen LogP contribution in [0.2, 0.25) is 0 Å². The Morgan fingerprint density at radius 1 is 1.33 bits per heavy atom. The summed E-state index contributed by atoms with van der Waals surface area (Å²) in [4.78, 5) is 0. The summed E-state index contributed by atoms with van der Waals surface area (Å²) in [5, 5.41) is 9.17. The van der Waals surface area contributed by atoms with E-state index in [0.29, 0.717) is 0 Å². The summed E-state index contributed by atoms with van der Waals surface area (Å²) in [5.41, 5.74) is 0.0820. The summed E-state index contributed by atoms with van der Waals surface area (Å²) >= 11 is 0. The second-order valence-corrected chi connectivity index (χ2v) is 3.59. The van der Waals surface area contributed by atoms with E-state index in [1.165, 1.54) is 19.1 Å². The van der Waals surface area contributed by atoms with Gasteiger partial charge >= 0.3 is 6.18 Å². The van der Waals surface area contributed by atoms with Gasteiger partial charge in [-0.05, 0) is 19.1 Å². The third-order valence-corrected chi connectivity index (χ3v) is 2.00. The van der Waals surface area contributed by atoms with Crippen molar-refractivity contribution in [2.24, 2.45) is 0 Å². The molecule has 1 N–H and O–H groups in total. The fourth-order valence-corrected chi connectivity index (χ4v) is 1.20. The van der Waals surface area contributed by atoms with E-state index in [4.69, 9.17) is 9.84 Å². The van der Waals surface area contributed by atoms with E-state index >= 15 is 0 Å². The Bertz CT molecular complexity index is 390. The number of hydrogen-bond donors (Lipinski definition) is 1. The summed E-state index contributed by atoms with van der Waals surface area (Å²) < 4.78 is 57.5. The quantitative estimate of drug-likeness (QED) is 0.507. The predicted octanol–water partition coefficient (Wildman–Crippen LogP) is 2.79. The topological polar surface area (TPSA) is 38.7 Å². The standard InChI is InChI=1S/C11H12F4O3/c1-7(16)9-3-2-8(4-10(9)12)18-6-17-5-11(13,14)15/h2-4,7,16H,5-6H2,1H3. The molecule has 102 valence electrons. The van der Waals surface area contributed by atoms with Crippen LogP contribution in [-0.2, 0) is 4.74 Å². The van der Waals surface area contributed by atoms with Crippen LogP contribution in [0, 0.1) is 5.82 Å². The summed E-state index contributed by atoms with van der Waals surface area (Å²) in [7, 11) is 0. The molecule has 0 heterocycles. The number of rotatable bonds is 5. The molecule has 0 fully saturated rings. The maximum absolute atomic E-state index is 13.3. The molecule has 0 saturated heterocycles. The van der Waals surface area contributed by atoms with Crippen molar-refractivity contribution in [2.75, 3.05) is 13.4 Å². The maximum Gasteiger partial charge on any atom is 0.411 e. The Morgan fingerprint density at radius 3 is 2.50 bits per heavy atom. The summed E-state index contributed by atoms with van der Waals surface area (Å²) in [6.07, 6.45) is -5.40. The van der Waals surface area contributed by atoms with Crippen LogP contribution in [-0.4, -0.2) is 24.7 Å². The predicted molar refractivity (Wildman–Crippen MR) is 54.5 cm³/mol. The van der Waals surface area contributed by atoms with Crippen LogP contribution < -0.4 is 4.74 Å². The van der Waals surface area contributed by atoms with Gasteiger partial charge in [0.05, 0.1) is 6.10 Å². The average Bonchev–Trinajstić information content (AvgIpc) is 2.22. The molecule has 0 spiro atoms. The number of hydrogen-bond acceptors (Lipinski definition) is 3. The van der Waals surface area contributed by atoms with Crippen molar-refractivity contribution in [3.8, 4) is 5.75 Å². The third kappa shape index (κ3) is 4.89. The zero-order valence-corrected chi connectivity index (χ0v) is 9.50. The zero-order valence-electron chi connectivity index (χ0n) is 9.50. The molecule has 1 rings (SSSR count). The van der Waals surface area contributed by atoms with Gasteiger partial charge in [-0.15, -0.1) is 0 Å². The van der Waals surface area contributed by atoms with Gasteiger partial charge < -0.3 is 14.6 Å². The monoisotopic (exact) mass is 268 g/mol. The molecule has 1 aromatic rings. The molecule has 0 radical (unpaired) electrons. The van der Waals surface area contributed by atoms with Gasteiger partial charge in [0.2, 0.25) is 0 Å². The van der Waals surface area contributed by atoms with Gasteiger partial charge in [-0.2, -0.15) is 13.2 Å². The van der Waals surface area contributed by atoms with Gasteiger partial charge in [0.15, 0.2) is 6.79 Å². The molecular formula is C11H12F4O3. The van der Waals surface area contributed by atoms with E-state index in [1.807, 2.05) is 0 Å². The summed E-state index contributed by atoms with van der Waals surface area (Å²) in [6, 6.07) is 3.60. The highest BCUT2D eigenvalue weighted by Crippen LogP contribution is 2.22. The smallest absolute Gasteiger partial charge is 0.411 e. The van der Waals surface area contributed by atoms with Crippen LogP contribution in [0.4, 0.5) is 17.6 Å². The number of alkyl halides is 3. The van der Waals surface area contributed by atoms with E-state index in [-0.39, 0.29) is 11.3 Å². The van der Waals surface area contributed by atoms with Gasteiger partial charge in [0.1, 0.15) is 18.2 Å². The molecule has 18 heavy (non-hydrogen) atoms. The molecule has 1 aromatic carbocycles. The number of halogens is 4. The normalized spacial score (nSPS) is 13.4. The molecule has 0 saturated carbocycles. The summed E-state index contributed by atoms with van der Waals surface area (Å²) in [5.74, 6) is -0.669. The first kappa shape index (κ1) is 14.7. The van der Waals surface area contributed by atoms with Gasteiger partial charge in [-0.1, -0.05) is 0 Å². The van der Waals surface area contributed by atoms with Crippen molar-refractivity contribution in [1.82, 2.24) is 0 Å². The lowest BCUT2D eigenvalue weighted by Crippen LogP contribution is -2.19. The van der Waals surface area contributed by atoms with Crippen LogP contribution >= 0.6 is 0 Å². The van der Waals surface area contributed by atoms with E-state index in [0.717, 1.165) is 6.07 Å². The molecule has 7 heteroatoms. The number of ether oxygens (including phenoxy) is 2. The molecule has 0 aliphatic rings. The van der Waals surface area contributed by atoms with Crippen LogP contribution in [0.3, 0.4) is 0 Å². The Balaban J connectivity index is 2.47. The van der Waals surface area contributed by atoms with Gasteiger partial charge in [-0.25, -0.2) is 4.39 Å². The van der Waals surface area contributed by atoms with Crippen molar-refractivity contribution < 1.29 is 32.1 Å². The van der Waals surface area contributed by atoms with Crippen LogP contribution in [0.15, 0.2) is 18.2 Å². The Labute approximate surface area is 101 Å². The molecular weight excluding hydrogens is 256 g/mol. The minimum Gasteiger partial charge on any atom is -0.467 e. The van der Waals surface area contributed by atoms with Crippen molar-refractivity contribution in [3.63, 3.8) is 0 Å². The largest absolute Gasteiger partial charge is 0.467 e. The minimum absolute atomic E-state index is 0.0269. The molecule has 1 atom stereocenters. The van der Waals surface area contributed by atoms with Gasteiger partial charge in [0.25, 0.3) is 0 Å². The molecule has 0 aliphatic carbocycles. The Hall–Kier alpha value is -1.34. The Morgan fingerprint density at radius 2 is 2.00 bits per heavy atom. The highest BCUT2D eigenvalue weighted by Gasteiger charge is 2.27. The molecule has 1 unspecified atom stereocenters.